The largest absolute Gasteiger partial charge is 0.325 e. The van der Waals surface area contributed by atoms with E-state index in [0.29, 0.717) is 11.2 Å². The van der Waals surface area contributed by atoms with Crippen LogP contribution in [0.4, 0.5) is 0 Å². The van der Waals surface area contributed by atoms with Crippen molar-refractivity contribution in [2.75, 3.05) is 0 Å². The molecule has 0 saturated heterocycles. The van der Waals surface area contributed by atoms with Gasteiger partial charge in [-0.3, -0.25) is 0 Å². The number of hydrogen-bond donors (Lipinski definition) is 0. The van der Waals surface area contributed by atoms with Crippen LogP contribution >= 0.6 is 11.6 Å². The van der Waals surface area contributed by atoms with E-state index >= 15 is 0 Å². The summed E-state index contributed by atoms with van der Waals surface area (Å²) >= 11 is 5.87. The molecule has 14 heavy (non-hydrogen) atoms. The Morgan fingerprint density at radius 2 is 2.29 bits per heavy atom. The lowest BCUT2D eigenvalue weighted by Gasteiger charge is -2.03. The molecule has 2 aromatic rings. The van der Waals surface area contributed by atoms with Crippen LogP contribution in [0.3, 0.4) is 0 Å². The van der Waals surface area contributed by atoms with Gasteiger partial charge in [-0.15, -0.1) is 0 Å². The highest BCUT2D eigenvalue weighted by molar-refractivity contribution is 6.29. The van der Waals surface area contributed by atoms with Crippen LogP contribution in [-0.4, -0.2) is 14.5 Å². The number of halogens is 1. The van der Waals surface area contributed by atoms with Crippen molar-refractivity contribution in [1.29, 1.82) is 0 Å². The van der Waals surface area contributed by atoms with Gasteiger partial charge in [0.25, 0.3) is 0 Å². The highest BCUT2D eigenvalue weighted by Gasteiger charge is 2.26. The second kappa shape index (κ2) is 2.70. The molecular formula is C10H10ClN3. The van der Waals surface area contributed by atoms with E-state index < -0.39 is 0 Å². The van der Waals surface area contributed by atoms with Gasteiger partial charge in [-0.25, -0.2) is 9.97 Å². The number of fused-ring (bicyclic) bond motifs is 1. The van der Waals surface area contributed by atoms with Crippen molar-refractivity contribution in [3.8, 4) is 0 Å². The van der Waals surface area contributed by atoms with Crippen LogP contribution in [0.15, 0.2) is 12.3 Å². The molecule has 2 aromatic heterocycles. The Morgan fingerprint density at radius 1 is 1.50 bits per heavy atom. The molecule has 1 aliphatic rings. The van der Waals surface area contributed by atoms with Gasteiger partial charge in [-0.1, -0.05) is 11.6 Å². The quantitative estimate of drug-likeness (QED) is 0.674. The van der Waals surface area contributed by atoms with Crippen molar-refractivity contribution in [2.45, 2.75) is 25.8 Å². The first kappa shape index (κ1) is 8.24. The summed E-state index contributed by atoms with van der Waals surface area (Å²) in [6.45, 7) is 2.03. The molecule has 0 radical (unpaired) electrons. The number of rotatable bonds is 1. The van der Waals surface area contributed by atoms with Gasteiger partial charge in [0.1, 0.15) is 16.5 Å². The van der Waals surface area contributed by atoms with Crippen LogP contribution < -0.4 is 0 Å². The predicted octanol–water partition coefficient (Wildman–Crippen LogP) is 2.73. The Balaban J connectivity index is 2.34. The Morgan fingerprint density at radius 3 is 3.00 bits per heavy atom. The van der Waals surface area contributed by atoms with Gasteiger partial charge in [0.15, 0.2) is 0 Å². The minimum atomic E-state index is 0.541. The Bertz CT molecular complexity index is 499. The van der Waals surface area contributed by atoms with Crippen LogP contribution in [0.2, 0.25) is 5.15 Å². The smallest absolute Gasteiger partial charge is 0.131 e. The second-order valence-corrected chi connectivity index (χ2v) is 4.14. The van der Waals surface area contributed by atoms with Crippen molar-refractivity contribution in [1.82, 2.24) is 14.5 Å². The zero-order valence-corrected chi connectivity index (χ0v) is 8.62. The van der Waals surface area contributed by atoms with Crippen molar-refractivity contribution >= 4 is 22.6 Å². The van der Waals surface area contributed by atoms with Crippen LogP contribution in [0, 0.1) is 6.92 Å². The van der Waals surface area contributed by atoms with Gasteiger partial charge in [0, 0.05) is 12.1 Å². The fourth-order valence-electron chi connectivity index (χ4n) is 1.89. The molecule has 0 amide bonds. The fraction of sp³-hybridized carbons (Fsp3) is 0.400. The highest BCUT2D eigenvalue weighted by Crippen LogP contribution is 2.38. The predicted molar refractivity (Wildman–Crippen MR) is 55.5 cm³/mol. The Kier molecular flexibility index (Phi) is 1.59. The fourth-order valence-corrected chi connectivity index (χ4v) is 2.04. The summed E-state index contributed by atoms with van der Waals surface area (Å²) in [7, 11) is 0. The van der Waals surface area contributed by atoms with Gasteiger partial charge in [0.05, 0.1) is 11.7 Å². The molecular weight excluding hydrogens is 198 g/mol. The summed E-state index contributed by atoms with van der Waals surface area (Å²) in [5, 5.41) is 0.541. The van der Waals surface area contributed by atoms with E-state index in [9.17, 15) is 0 Å². The minimum Gasteiger partial charge on any atom is -0.325 e. The van der Waals surface area contributed by atoms with Gasteiger partial charge in [-0.05, 0) is 19.8 Å². The molecule has 0 aliphatic heterocycles. The standard InChI is InChI=1S/C10H10ClN3/c1-6-13-8-5-12-10(11)4-9(8)14(6)7-2-3-7/h4-5,7H,2-3H2,1H3. The number of imidazole rings is 1. The zero-order chi connectivity index (χ0) is 9.71. The SMILES string of the molecule is Cc1nc2cnc(Cl)cc2n1C1CC1. The molecule has 0 aromatic carbocycles. The topological polar surface area (TPSA) is 30.7 Å². The Labute approximate surface area is 86.7 Å². The average Bonchev–Trinajstić information content (AvgIpc) is 2.90. The highest BCUT2D eigenvalue weighted by atomic mass is 35.5. The Hall–Kier alpha value is -1.09. The van der Waals surface area contributed by atoms with E-state index in [2.05, 4.69) is 14.5 Å². The van der Waals surface area contributed by atoms with E-state index in [0.717, 1.165) is 16.9 Å². The average molecular weight is 208 g/mol. The first-order chi connectivity index (χ1) is 6.75. The number of pyridine rings is 1. The van der Waals surface area contributed by atoms with Crippen LogP contribution in [0.5, 0.6) is 0 Å². The van der Waals surface area contributed by atoms with E-state index in [4.69, 9.17) is 11.6 Å². The van der Waals surface area contributed by atoms with Gasteiger partial charge < -0.3 is 4.57 Å². The molecule has 3 nitrogen and oxygen atoms in total. The van der Waals surface area contributed by atoms with Crippen molar-refractivity contribution in [3.05, 3.63) is 23.2 Å². The van der Waals surface area contributed by atoms with E-state index in [1.165, 1.54) is 12.8 Å². The summed E-state index contributed by atoms with van der Waals surface area (Å²) in [5.41, 5.74) is 2.06. The maximum atomic E-state index is 5.87. The van der Waals surface area contributed by atoms with Gasteiger partial charge in [0.2, 0.25) is 0 Å². The second-order valence-electron chi connectivity index (χ2n) is 3.76. The maximum Gasteiger partial charge on any atom is 0.131 e. The summed E-state index contributed by atoms with van der Waals surface area (Å²) < 4.78 is 2.27. The third kappa shape index (κ3) is 1.12. The third-order valence-electron chi connectivity index (χ3n) is 2.63. The lowest BCUT2D eigenvalue weighted by molar-refractivity contribution is 0.734. The molecule has 4 heteroatoms. The van der Waals surface area contributed by atoms with Crippen LogP contribution in [-0.2, 0) is 0 Å². The van der Waals surface area contributed by atoms with E-state index in [-0.39, 0.29) is 0 Å². The molecule has 2 heterocycles. The number of aromatic nitrogens is 3. The van der Waals surface area contributed by atoms with E-state index in [1.807, 2.05) is 13.0 Å². The molecule has 1 aliphatic carbocycles. The lowest BCUT2D eigenvalue weighted by Crippen LogP contribution is -1.96. The number of hydrogen-bond acceptors (Lipinski definition) is 2. The molecule has 0 atom stereocenters. The molecule has 3 rings (SSSR count). The number of aryl methyl sites for hydroxylation is 1. The minimum absolute atomic E-state index is 0.541. The van der Waals surface area contributed by atoms with Gasteiger partial charge in [-0.2, -0.15) is 0 Å². The first-order valence-electron chi connectivity index (χ1n) is 4.76. The molecule has 1 saturated carbocycles. The lowest BCUT2D eigenvalue weighted by atomic mass is 10.4. The zero-order valence-electron chi connectivity index (χ0n) is 7.87. The monoisotopic (exact) mass is 207 g/mol. The van der Waals surface area contributed by atoms with Crippen LogP contribution in [0.25, 0.3) is 11.0 Å². The molecule has 0 N–H and O–H groups in total. The molecule has 72 valence electrons. The summed E-state index contributed by atoms with van der Waals surface area (Å²) in [6, 6.07) is 2.54. The summed E-state index contributed by atoms with van der Waals surface area (Å²) in [5.74, 6) is 1.06. The molecule has 0 unspecified atom stereocenters. The summed E-state index contributed by atoms with van der Waals surface area (Å²) in [4.78, 5) is 8.49. The molecule has 0 spiro atoms. The molecule has 0 bridgehead atoms. The molecule has 1 fully saturated rings. The summed E-state index contributed by atoms with van der Waals surface area (Å²) in [6.07, 6.45) is 4.25. The van der Waals surface area contributed by atoms with Crippen molar-refractivity contribution in [2.24, 2.45) is 0 Å². The van der Waals surface area contributed by atoms with Crippen molar-refractivity contribution < 1.29 is 0 Å². The third-order valence-corrected chi connectivity index (χ3v) is 2.84. The van der Waals surface area contributed by atoms with Gasteiger partial charge >= 0.3 is 0 Å². The van der Waals surface area contributed by atoms with Crippen LogP contribution in [0.1, 0.15) is 24.7 Å². The maximum absolute atomic E-state index is 5.87. The van der Waals surface area contributed by atoms with Crippen molar-refractivity contribution in [3.63, 3.8) is 0 Å². The van der Waals surface area contributed by atoms with E-state index in [1.54, 1.807) is 6.20 Å². The first-order valence-corrected chi connectivity index (χ1v) is 5.13. The number of nitrogens with zero attached hydrogens (tertiary/aromatic N) is 3. The normalized spacial score (nSPS) is 16.4.